The van der Waals surface area contributed by atoms with Gasteiger partial charge in [-0.25, -0.2) is 0 Å². The lowest BCUT2D eigenvalue weighted by Crippen LogP contribution is -2.20. The topological polar surface area (TPSA) is 9.23 Å². The van der Waals surface area contributed by atoms with E-state index in [0.717, 1.165) is 11.8 Å². The fourth-order valence-corrected chi connectivity index (χ4v) is 2.73. The summed E-state index contributed by atoms with van der Waals surface area (Å²) in [7, 11) is 1.85. The molecule has 0 aromatic rings. The zero-order chi connectivity index (χ0) is 7.84. The first-order chi connectivity index (χ1) is 5.35. The zero-order valence-corrected chi connectivity index (χ0v) is 7.34. The Labute approximate surface area is 68.4 Å². The fourth-order valence-electron chi connectivity index (χ4n) is 2.73. The molecule has 2 aliphatic carbocycles. The standard InChI is InChI=1S/C10H16O/c1-3-8-4-7-5-9(8)10(6-7)11-2/h3,7,9-10H,4-6H2,1-2H3/b8-3+. The Kier molecular flexibility index (Phi) is 1.76. The van der Waals surface area contributed by atoms with Crippen molar-refractivity contribution < 1.29 is 4.74 Å². The van der Waals surface area contributed by atoms with Crippen LogP contribution in [0.4, 0.5) is 0 Å². The number of hydrogen-bond donors (Lipinski definition) is 0. The van der Waals surface area contributed by atoms with Gasteiger partial charge in [-0.2, -0.15) is 0 Å². The largest absolute Gasteiger partial charge is 0.381 e. The highest BCUT2D eigenvalue weighted by Gasteiger charge is 2.42. The highest BCUT2D eigenvalue weighted by molar-refractivity contribution is 5.18. The van der Waals surface area contributed by atoms with Crippen LogP contribution in [-0.2, 0) is 4.74 Å². The van der Waals surface area contributed by atoms with Crippen molar-refractivity contribution in [2.45, 2.75) is 32.3 Å². The second-order valence-electron chi connectivity index (χ2n) is 3.79. The first-order valence-corrected chi connectivity index (χ1v) is 4.53. The van der Waals surface area contributed by atoms with Gasteiger partial charge in [0.1, 0.15) is 0 Å². The molecule has 0 spiro atoms. The third kappa shape index (κ3) is 1.02. The number of hydrogen-bond acceptors (Lipinski definition) is 1. The van der Waals surface area contributed by atoms with Crippen LogP contribution in [0.3, 0.4) is 0 Å². The smallest absolute Gasteiger partial charge is 0.0639 e. The number of methoxy groups -OCH3 is 1. The molecule has 62 valence electrons. The number of rotatable bonds is 1. The Balaban J connectivity index is 2.14. The maximum absolute atomic E-state index is 5.44. The second-order valence-corrected chi connectivity index (χ2v) is 3.79. The lowest BCUT2D eigenvalue weighted by atomic mass is 9.92. The van der Waals surface area contributed by atoms with Gasteiger partial charge in [0.25, 0.3) is 0 Å². The lowest BCUT2D eigenvalue weighted by Gasteiger charge is -2.22. The van der Waals surface area contributed by atoms with Crippen LogP contribution < -0.4 is 0 Å². The first kappa shape index (κ1) is 7.35. The van der Waals surface area contributed by atoms with E-state index in [4.69, 9.17) is 4.74 Å². The van der Waals surface area contributed by atoms with Crippen LogP contribution in [0.2, 0.25) is 0 Å². The third-order valence-electron chi connectivity index (χ3n) is 3.28. The van der Waals surface area contributed by atoms with Gasteiger partial charge in [-0.1, -0.05) is 11.6 Å². The molecule has 3 unspecified atom stereocenters. The van der Waals surface area contributed by atoms with E-state index in [1.165, 1.54) is 19.3 Å². The SMILES string of the molecule is C/C=C1\CC2CC(OC)C1C2. The van der Waals surface area contributed by atoms with E-state index in [2.05, 4.69) is 13.0 Å². The summed E-state index contributed by atoms with van der Waals surface area (Å²) in [5, 5.41) is 0. The first-order valence-electron chi connectivity index (χ1n) is 4.53. The molecule has 1 heteroatoms. The van der Waals surface area contributed by atoms with Gasteiger partial charge in [0, 0.05) is 13.0 Å². The molecule has 0 aromatic carbocycles. The summed E-state index contributed by atoms with van der Waals surface area (Å²) in [5.41, 5.74) is 1.65. The van der Waals surface area contributed by atoms with Crippen LogP contribution in [0.1, 0.15) is 26.2 Å². The van der Waals surface area contributed by atoms with E-state index in [-0.39, 0.29) is 0 Å². The van der Waals surface area contributed by atoms with Crippen molar-refractivity contribution in [2.75, 3.05) is 7.11 Å². The summed E-state index contributed by atoms with van der Waals surface area (Å²) in [6, 6.07) is 0. The molecular formula is C10H16O. The zero-order valence-electron chi connectivity index (χ0n) is 7.34. The van der Waals surface area contributed by atoms with E-state index in [1.807, 2.05) is 7.11 Å². The van der Waals surface area contributed by atoms with Crippen molar-refractivity contribution in [1.29, 1.82) is 0 Å². The highest BCUT2D eigenvalue weighted by atomic mass is 16.5. The molecule has 2 aliphatic rings. The number of fused-ring (bicyclic) bond motifs is 2. The van der Waals surface area contributed by atoms with Crippen molar-refractivity contribution in [2.24, 2.45) is 11.8 Å². The van der Waals surface area contributed by atoms with Crippen LogP contribution in [-0.4, -0.2) is 13.2 Å². The molecule has 2 fully saturated rings. The van der Waals surface area contributed by atoms with Gasteiger partial charge in [0.15, 0.2) is 0 Å². The van der Waals surface area contributed by atoms with E-state index in [1.54, 1.807) is 5.57 Å². The van der Waals surface area contributed by atoms with E-state index >= 15 is 0 Å². The molecule has 0 radical (unpaired) electrons. The van der Waals surface area contributed by atoms with Crippen LogP contribution in [0.25, 0.3) is 0 Å². The number of ether oxygens (including phenoxy) is 1. The Morgan fingerprint density at radius 3 is 2.82 bits per heavy atom. The average Bonchev–Trinajstić information content (AvgIpc) is 2.60. The molecule has 0 saturated heterocycles. The normalized spacial score (nSPS) is 45.6. The van der Waals surface area contributed by atoms with Crippen LogP contribution in [0.15, 0.2) is 11.6 Å². The van der Waals surface area contributed by atoms with Crippen molar-refractivity contribution in [3.05, 3.63) is 11.6 Å². The Morgan fingerprint density at radius 1 is 1.45 bits per heavy atom. The van der Waals surface area contributed by atoms with Crippen LogP contribution >= 0.6 is 0 Å². The van der Waals surface area contributed by atoms with Gasteiger partial charge in [0.05, 0.1) is 6.10 Å². The minimum absolute atomic E-state index is 0.542. The van der Waals surface area contributed by atoms with Crippen molar-refractivity contribution in [3.8, 4) is 0 Å². The molecule has 0 amide bonds. The molecule has 0 aliphatic heterocycles. The average molecular weight is 152 g/mol. The predicted molar refractivity (Wildman–Crippen MR) is 45.4 cm³/mol. The summed E-state index contributed by atoms with van der Waals surface area (Å²) >= 11 is 0. The molecular weight excluding hydrogens is 136 g/mol. The van der Waals surface area contributed by atoms with Crippen LogP contribution in [0, 0.1) is 11.8 Å². The molecule has 11 heavy (non-hydrogen) atoms. The summed E-state index contributed by atoms with van der Waals surface area (Å²) in [4.78, 5) is 0. The van der Waals surface area contributed by atoms with Crippen molar-refractivity contribution >= 4 is 0 Å². The molecule has 3 atom stereocenters. The molecule has 0 aromatic heterocycles. The molecule has 1 nitrogen and oxygen atoms in total. The van der Waals surface area contributed by atoms with Gasteiger partial charge in [-0.05, 0) is 32.1 Å². The summed E-state index contributed by atoms with van der Waals surface area (Å²) in [6.07, 6.45) is 6.87. The van der Waals surface area contributed by atoms with Crippen LogP contribution in [0.5, 0.6) is 0 Å². The highest BCUT2D eigenvalue weighted by Crippen LogP contribution is 2.48. The maximum Gasteiger partial charge on any atom is 0.0639 e. The number of allylic oxidation sites excluding steroid dienone is 1. The predicted octanol–water partition coefficient (Wildman–Crippen LogP) is 2.38. The monoisotopic (exact) mass is 152 g/mol. The summed E-state index contributed by atoms with van der Waals surface area (Å²) < 4.78 is 5.44. The molecule has 2 bridgehead atoms. The van der Waals surface area contributed by atoms with Gasteiger partial charge >= 0.3 is 0 Å². The van der Waals surface area contributed by atoms with Gasteiger partial charge in [-0.3, -0.25) is 0 Å². The lowest BCUT2D eigenvalue weighted by molar-refractivity contribution is 0.0733. The molecule has 0 N–H and O–H groups in total. The molecule has 2 rings (SSSR count). The molecule has 2 saturated carbocycles. The van der Waals surface area contributed by atoms with Gasteiger partial charge in [-0.15, -0.1) is 0 Å². The van der Waals surface area contributed by atoms with E-state index in [9.17, 15) is 0 Å². The Hall–Kier alpha value is -0.300. The summed E-state index contributed by atoms with van der Waals surface area (Å²) in [6.45, 7) is 2.16. The van der Waals surface area contributed by atoms with E-state index in [0.29, 0.717) is 6.10 Å². The fraction of sp³-hybridized carbons (Fsp3) is 0.800. The minimum Gasteiger partial charge on any atom is -0.381 e. The minimum atomic E-state index is 0.542. The molecule has 0 heterocycles. The quantitative estimate of drug-likeness (QED) is 0.524. The van der Waals surface area contributed by atoms with Crippen molar-refractivity contribution in [1.82, 2.24) is 0 Å². The van der Waals surface area contributed by atoms with Crippen molar-refractivity contribution in [3.63, 3.8) is 0 Å². The Bertz CT molecular complexity index is 183. The maximum atomic E-state index is 5.44. The third-order valence-corrected chi connectivity index (χ3v) is 3.28. The van der Waals surface area contributed by atoms with E-state index < -0.39 is 0 Å². The van der Waals surface area contributed by atoms with Gasteiger partial charge in [0.2, 0.25) is 0 Å². The van der Waals surface area contributed by atoms with Gasteiger partial charge < -0.3 is 4.74 Å². The Morgan fingerprint density at radius 2 is 2.27 bits per heavy atom. The second kappa shape index (κ2) is 2.63. The summed E-state index contributed by atoms with van der Waals surface area (Å²) in [5.74, 6) is 1.71.